The first-order valence-corrected chi connectivity index (χ1v) is 6.10. The zero-order chi connectivity index (χ0) is 13.1. The molecule has 0 saturated carbocycles. The van der Waals surface area contributed by atoms with Crippen LogP contribution in [0.15, 0.2) is 6.33 Å². The van der Waals surface area contributed by atoms with E-state index in [1.54, 1.807) is 11.9 Å². The van der Waals surface area contributed by atoms with Crippen LogP contribution in [0.1, 0.15) is 12.0 Å². The smallest absolute Gasteiger partial charge is 0.241 e. The van der Waals surface area contributed by atoms with Gasteiger partial charge >= 0.3 is 0 Å². The summed E-state index contributed by atoms with van der Waals surface area (Å²) < 4.78 is 0. The van der Waals surface area contributed by atoms with Gasteiger partial charge < -0.3 is 14.9 Å². The summed E-state index contributed by atoms with van der Waals surface area (Å²) in [5, 5.41) is 9.56. The Morgan fingerprint density at radius 2 is 2.22 bits per heavy atom. The lowest BCUT2D eigenvalue weighted by atomic mass is 10.3. The van der Waals surface area contributed by atoms with Crippen molar-refractivity contribution in [3.05, 3.63) is 17.0 Å². The number of amides is 1. The Hall–Kier alpha value is -1.40. The number of rotatable bonds is 2. The van der Waals surface area contributed by atoms with E-state index in [4.69, 9.17) is 11.6 Å². The molecule has 7 heteroatoms. The highest BCUT2D eigenvalue weighted by molar-refractivity contribution is 6.30. The molecule has 1 amide bonds. The summed E-state index contributed by atoms with van der Waals surface area (Å²) in [6.45, 7) is 1.44. The highest BCUT2D eigenvalue weighted by atomic mass is 35.5. The van der Waals surface area contributed by atoms with Crippen molar-refractivity contribution in [1.82, 2.24) is 14.9 Å². The molecule has 98 valence electrons. The maximum absolute atomic E-state index is 11.8. The fraction of sp³-hybridized carbons (Fsp3) is 0.545. The third-order valence-electron chi connectivity index (χ3n) is 3.00. The molecule has 1 aromatic rings. The Labute approximate surface area is 110 Å². The van der Waals surface area contributed by atoms with Crippen LogP contribution in [0.4, 0.5) is 5.82 Å². The fourth-order valence-electron chi connectivity index (χ4n) is 1.96. The normalized spacial score (nSPS) is 16.9. The van der Waals surface area contributed by atoms with E-state index in [2.05, 4.69) is 9.97 Å². The minimum Gasteiger partial charge on any atom is -0.391 e. The largest absolute Gasteiger partial charge is 0.391 e. The van der Waals surface area contributed by atoms with Crippen molar-refractivity contribution in [2.24, 2.45) is 0 Å². The average molecular weight is 271 g/mol. The number of aliphatic hydroxyl groups is 1. The molecule has 0 atom stereocenters. The minimum atomic E-state index is -0.241. The first kappa shape index (κ1) is 13.0. The van der Waals surface area contributed by atoms with Gasteiger partial charge in [-0.2, -0.15) is 0 Å². The Bertz CT molecular complexity index is 455. The molecule has 6 nitrogen and oxygen atoms in total. The Kier molecular flexibility index (Phi) is 3.98. The van der Waals surface area contributed by atoms with E-state index in [1.165, 1.54) is 6.33 Å². The van der Waals surface area contributed by atoms with Crippen LogP contribution in [0.2, 0.25) is 5.15 Å². The summed E-state index contributed by atoms with van der Waals surface area (Å²) in [6, 6.07) is 0. The van der Waals surface area contributed by atoms with Gasteiger partial charge in [0.2, 0.25) is 5.91 Å². The van der Waals surface area contributed by atoms with Gasteiger partial charge in [0.05, 0.1) is 18.7 Å². The SMILES string of the molecule is CN1CCCN(c2ncnc(Cl)c2CO)CC1=O. The molecular formula is C11H15ClN4O2. The van der Waals surface area contributed by atoms with Gasteiger partial charge in [0.25, 0.3) is 0 Å². The van der Waals surface area contributed by atoms with E-state index in [0.717, 1.165) is 13.0 Å². The molecule has 0 unspecified atom stereocenters. The molecule has 1 N–H and O–H groups in total. The van der Waals surface area contributed by atoms with Crippen molar-refractivity contribution in [1.29, 1.82) is 0 Å². The first-order valence-electron chi connectivity index (χ1n) is 5.72. The lowest BCUT2D eigenvalue weighted by molar-refractivity contribution is -0.127. The maximum Gasteiger partial charge on any atom is 0.241 e. The van der Waals surface area contributed by atoms with E-state index in [0.29, 0.717) is 17.9 Å². The average Bonchev–Trinajstić information content (AvgIpc) is 2.52. The molecule has 2 heterocycles. The quantitative estimate of drug-likeness (QED) is 0.783. The van der Waals surface area contributed by atoms with Crippen LogP contribution < -0.4 is 4.90 Å². The first-order chi connectivity index (χ1) is 8.63. The van der Waals surface area contributed by atoms with Gasteiger partial charge in [-0.25, -0.2) is 9.97 Å². The zero-order valence-corrected chi connectivity index (χ0v) is 10.9. The van der Waals surface area contributed by atoms with Crippen molar-refractivity contribution < 1.29 is 9.90 Å². The van der Waals surface area contributed by atoms with Crippen LogP contribution in [0, 0.1) is 0 Å². The molecule has 2 rings (SSSR count). The standard InChI is InChI=1S/C11H15ClN4O2/c1-15-3-2-4-16(5-9(15)18)11-8(6-17)10(12)13-7-14-11/h7,17H,2-6H2,1H3. The summed E-state index contributed by atoms with van der Waals surface area (Å²) in [6.07, 6.45) is 2.20. The molecule has 1 saturated heterocycles. The van der Waals surface area contributed by atoms with Crippen molar-refractivity contribution in [2.45, 2.75) is 13.0 Å². The van der Waals surface area contributed by atoms with Crippen LogP contribution in [0.3, 0.4) is 0 Å². The third-order valence-corrected chi connectivity index (χ3v) is 3.33. The van der Waals surface area contributed by atoms with Crippen LogP contribution in [0.5, 0.6) is 0 Å². The van der Waals surface area contributed by atoms with Crippen LogP contribution in [-0.4, -0.2) is 52.6 Å². The van der Waals surface area contributed by atoms with Gasteiger partial charge in [0, 0.05) is 20.1 Å². The number of anilines is 1. The molecule has 1 fully saturated rings. The molecule has 0 aromatic carbocycles. The summed E-state index contributed by atoms with van der Waals surface area (Å²) >= 11 is 5.92. The van der Waals surface area contributed by atoms with Crippen molar-refractivity contribution in [3.8, 4) is 0 Å². The summed E-state index contributed by atoms with van der Waals surface area (Å²) in [4.78, 5) is 23.3. The minimum absolute atomic E-state index is 0.0334. The highest BCUT2D eigenvalue weighted by Crippen LogP contribution is 2.24. The van der Waals surface area contributed by atoms with E-state index in [9.17, 15) is 9.90 Å². The number of halogens is 1. The molecule has 0 radical (unpaired) electrons. The van der Waals surface area contributed by atoms with Gasteiger partial charge in [-0.3, -0.25) is 4.79 Å². The molecule has 0 spiro atoms. The molecule has 0 bridgehead atoms. The van der Waals surface area contributed by atoms with Gasteiger partial charge in [-0.15, -0.1) is 0 Å². The van der Waals surface area contributed by atoms with Crippen molar-refractivity contribution >= 4 is 23.3 Å². The predicted octanol–water partition coefficient (Wildman–Crippen LogP) is 0.291. The van der Waals surface area contributed by atoms with E-state index >= 15 is 0 Å². The number of hydrogen-bond donors (Lipinski definition) is 1. The Balaban J connectivity index is 2.30. The summed E-state index contributed by atoms with van der Waals surface area (Å²) in [7, 11) is 1.78. The monoisotopic (exact) mass is 270 g/mol. The van der Waals surface area contributed by atoms with Gasteiger partial charge in [-0.1, -0.05) is 11.6 Å². The highest BCUT2D eigenvalue weighted by Gasteiger charge is 2.22. The second-order valence-corrected chi connectivity index (χ2v) is 4.57. The lowest BCUT2D eigenvalue weighted by Crippen LogP contribution is -2.35. The second-order valence-electron chi connectivity index (χ2n) is 4.22. The number of carbonyl (C=O) groups excluding carboxylic acids is 1. The maximum atomic E-state index is 11.8. The number of nitrogens with zero attached hydrogens (tertiary/aromatic N) is 4. The molecule has 1 aliphatic rings. The van der Waals surface area contributed by atoms with Gasteiger partial charge in [0.15, 0.2) is 0 Å². The fourth-order valence-corrected chi connectivity index (χ4v) is 2.15. The van der Waals surface area contributed by atoms with Crippen molar-refractivity contribution in [2.75, 3.05) is 31.6 Å². The van der Waals surface area contributed by atoms with E-state index < -0.39 is 0 Å². The molecular weight excluding hydrogens is 256 g/mol. The van der Waals surface area contributed by atoms with E-state index in [-0.39, 0.29) is 24.2 Å². The van der Waals surface area contributed by atoms with Crippen LogP contribution in [-0.2, 0) is 11.4 Å². The van der Waals surface area contributed by atoms with Crippen molar-refractivity contribution in [3.63, 3.8) is 0 Å². The van der Waals surface area contributed by atoms with Crippen LogP contribution in [0.25, 0.3) is 0 Å². The van der Waals surface area contributed by atoms with E-state index in [1.807, 2.05) is 4.90 Å². The molecule has 1 aliphatic heterocycles. The summed E-state index contributed by atoms with van der Waals surface area (Å²) in [5.41, 5.74) is 0.469. The number of aromatic nitrogens is 2. The molecule has 18 heavy (non-hydrogen) atoms. The van der Waals surface area contributed by atoms with Gasteiger partial charge in [-0.05, 0) is 6.42 Å². The predicted molar refractivity (Wildman–Crippen MR) is 67.4 cm³/mol. The summed E-state index contributed by atoms with van der Waals surface area (Å²) in [5.74, 6) is 0.576. The molecule has 1 aromatic heterocycles. The second kappa shape index (κ2) is 5.49. The Morgan fingerprint density at radius 3 is 2.94 bits per heavy atom. The number of likely N-dealkylation sites (N-methyl/N-ethyl adjacent to an activating group) is 1. The Morgan fingerprint density at radius 1 is 1.44 bits per heavy atom. The number of hydrogen-bond acceptors (Lipinski definition) is 5. The number of carbonyl (C=O) groups is 1. The third kappa shape index (κ3) is 2.54. The van der Waals surface area contributed by atoms with Crippen LogP contribution >= 0.6 is 11.6 Å². The number of aliphatic hydroxyl groups excluding tert-OH is 1. The lowest BCUT2D eigenvalue weighted by Gasteiger charge is -2.22. The molecule has 0 aliphatic carbocycles. The van der Waals surface area contributed by atoms with Gasteiger partial charge in [0.1, 0.15) is 17.3 Å². The zero-order valence-electron chi connectivity index (χ0n) is 10.1. The topological polar surface area (TPSA) is 69.6 Å².